The number of ether oxygens (including phenoxy) is 1. The van der Waals surface area contributed by atoms with Gasteiger partial charge in [-0.2, -0.15) is 0 Å². The second-order valence-electron chi connectivity index (χ2n) is 7.95. The lowest BCUT2D eigenvalue weighted by molar-refractivity contribution is -0.134. The van der Waals surface area contributed by atoms with Crippen LogP contribution in [0, 0.1) is 20.8 Å². The molecule has 2 aromatic rings. The summed E-state index contributed by atoms with van der Waals surface area (Å²) in [6.45, 7) is 8.17. The van der Waals surface area contributed by atoms with Crippen molar-refractivity contribution in [2.45, 2.75) is 46.2 Å². The Morgan fingerprint density at radius 3 is 2.65 bits per heavy atom. The maximum Gasteiger partial charge on any atom is 0.237 e. The summed E-state index contributed by atoms with van der Waals surface area (Å²) in [5, 5.41) is 5.78. The van der Waals surface area contributed by atoms with E-state index in [1.165, 1.54) is 0 Å². The highest BCUT2D eigenvalue weighted by molar-refractivity contribution is 5.88. The Kier molecular flexibility index (Phi) is 7.57. The van der Waals surface area contributed by atoms with E-state index in [2.05, 4.69) is 31.6 Å². The minimum atomic E-state index is -0.492. The van der Waals surface area contributed by atoms with E-state index in [1.54, 1.807) is 7.11 Å². The third-order valence-electron chi connectivity index (χ3n) is 5.36. The Morgan fingerprint density at radius 1 is 1.23 bits per heavy atom. The molecule has 0 aliphatic carbocycles. The van der Waals surface area contributed by atoms with Crippen molar-refractivity contribution in [1.29, 1.82) is 0 Å². The summed E-state index contributed by atoms with van der Waals surface area (Å²) in [5.41, 5.74) is 3.96. The second kappa shape index (κ2) is 10.3. The summed E-state index contributed by atoms with van der Waals surface area (Å²) in [5.74, 6) is 1.29. The normalized spacial score (nSPS) is 16.6. The summed E-state index contributed by atoms with van der Waals surface area (Å²) in [4.78, 5) is 35.9. The number of piperazine rings is 1. The van der Waals surface area contributed by atoms with Gasteiger partial charge in [-0.05, 0) is 44.0 Å². The zero-order valence-corrected chi connectivity index (χ0v) is 18.7. The van der Waals surface area contributed by atoms with E-state index in [9.17, 15) is 9.59 Å². The Bertz CT molecular complexity index is 927. The molecule has 3 rings (SSSR count). The first kappa shape index (κ1) is 22.7. The molecule has 2 N–H and O–H groups in total. The number of nitrogens with zero attached hydrogens (tertiary/aromatic N) is 3. The van der Waals surface area contributed by atoms with E-state index in [4.69, 9.17) is 4.74 Å². The van der Waals surface area contributed by atoms with Crippen LogP contribution in [0.15, 0.2) is 24.3 Å². The number of carbonyl (C=O) groups is 2. The van der Waals surface area contributed by atoms with Gasteiger partial charge >= 0.3 is 0 Å². The van der Waals surface area contributed by atoms with Crippen LogP contribution in [0.2, 0.25) is 0 Å². The van der Waals surface area contributed by atoms with Crippen molar-refractivity contribution in [3.63, 3.8) is 0 Å². The number of benzene rings is 1. The van der Waals surface area contributed by atoms with Gasteiger partial charge in [0.1, 0.15) is 11.6 Å². The molecule has 1 fully saturated rings. The van der Waals surface area contributed by atoms with Gasteiger partial charge in [0.15, 0.2) is 0 Å². The fourth-order valence-electron chi connectivity index (χ4n) is 3.92. The first-order valence-electron chi connectivity index (χ1n) is 10.6. The molecule has 2 amide bonds. The van der Waals surface area contributed by atoms with Crippen LogP contribution in [0.4, 0.5) is 0 Å². The summed E-state index contributed by atoms with van der Waals surface area (Å²) < 4.78 is 5.32. The Morgan fingerprint density at radius 2 is 1.97 bits per heavy atom. The van der Waals surface area contributed by atoms with Gasteiger partial charge in [-0.1, -0.05) is 12.1 Å². The van der Waals surface area contributed by atoms with Crippen molar-refractivity contribution in [1.82, 2.24) is 25.5 Å². The average Bonchev–Trinajstić information content (AvgIpc) is 2.70. The van der Waals surface area contributed by atoms with Gasteiger partial charge in [0.25, 0.3) is 0 Å². The molecule has 1 atom stereocenters. The van der Waals surface area contributed by atoms with Gasteiger partial charge in [0.05, 0.1) is 19.6 Å². The number of nitrogens with one attached hydrogen (secondary N) is 2. The van der Waals surface area contributed by atoms with Crippen LogP contribution in [-0.2, 0) is 22.6 Å². The maximum absolute atomic E-state index is 12.5. The van der Waals surface area contributed by atoms with Crippen molar-refractivity contribution < 1.29 is 14.3 Å². The molecule has 1 aromatic heterocycles. The van der Waals surface area contributed by atoms with Gasteiger partial charge in [-0.3, -0.25) is 14.5 Å². The summed E-state index contributed by atoms with van der Waals surface area (Å²) in [7, 11) is 1.65. The minimum absolute atomic E-state index is 0.107. The highest BCUT2D eigenvalue weighted by Crippen LogP contribution is 2.21. The first-order chi connectivity index (χ1) is 14.9. The molecule has 1 aromatic carbocycles. The monoisotopic (exact) mass is 425 g/mol. The number of carbonyl (C=O) groups excluding carboxylic acids is 2. The molecule has 8 nitrogen and oxygen atoms in total. The van der Waals surface area contributed by atoms with E-state index in [-0.39, 0.29) is 18.2 Å². The van der Waals surface area contributed by atoms with Crippen LogP contribution in [0.3, 0.4) is 0 Å². The van der Waals surface area contributed by atoms with E-state index in [0.29, 0.717) is 38.4 Å². The van der Waals surface area contributed by atoms with Crippen molar-refractivity contribution in [3.8, 4) is 5.75 Å². The molecule has 0 bridgehead atoms. The minimum Gasteiger partial charge on any atom is -0.496 e. The van der Waals surface area contributed by atoms with Crippen LogP contribution in [0.5, 0.6) is 5.75 Å². The number of amides is 2. The molecule has 1 aliphatic rings. The van der Waals surface area contributed by atoms with Crippen LogP contribution in [0.25, 0.3) is 0 Å². The number of methoxy groups -OCH3 is 1. The largest absolute Gasteiger partial charge is 0.496 e. The van der Waals surface area contributed by atoms with Gasteiger partial charge in [-0.25, -0.2) is 9.97 Å². The van der Waals surface area contributed by atoms with Crippen molar-refractivity contribution in [2.75, 3.05) is 26.7 Å². The van der Waals surface area contributed by atoms with Crippen LogP contribution >= 0.6 is 0 Å². The highest BCUT2D eigenvalue weighted by atomic mass is 16.5. The molecule has 0 unspecified atom stereocenters. The SMILES string of the molecule is COc1ccc(CN2CCNC(=O)[C@H]2CC(=O)NCCc2nc(C)cc(C)n2)cc1C. The number of aromatic nitrogens is 2. The fraction of sp³-hybridized carbons (Fsp3) is 0.478. The number of hydrogen-bond donors (Lipinski definition) is 2. The van der Waals surface area contributed by atoms with Crippen LogP contribution in [0.1, 0.15) is 34.8 Å². The molecular formula is C23H31N5O3. The Hall–Kier alpha value is -3.00. The standard InChI is InChI=1S/C23H31N5O3/c1-15-11-18(5-6-20(15)31-4)14-28-10-9-25-23(30)19(28)13-22(29)24-8-7-21-26-16(2)12-17(3)27-21/h5-6,11-12,19H,7-10,13-14H2,1-4H3,(H,24,29)(H,25,30)/t19-/m1/s1. The predicted molar refractivity (Wildman–Crippen MR) is 118 cm³/mol. The third kappa shape index (κ3) is 6.24. The van der Waals surface area contributed by atoms with E-state index in [1.807, 2.05) is 39.0 Å². The van der Waals surface area contributed by atoms with Crippen LogP contribution < -0.4 is 15.4 Å². The number of hydrogen-bond acceptors (Lipinski definition) is 6. The zero-order valence-electron chi connectivity index (χ0n) is 18.7. The van der Waals surface area contributed by atoms with Crippen molar-refractivity contribution in [3.05, 3.63) is 52.6 Å². The first-order valence-corrected chi connectivity index (χ1v) is 10.6. The molecule has 166 valence electrons. The maximum atomic E-state index is 12.5. The molecule has 1 aliphatic heterocycles. The molecule has 8 heteroatoms. The molecule has 0 radical (unpaired) electrons. The van der Waals surface area contributed by atoms with E-state index < -0.39 is 6.04 Å². The predicted octanol–water partition coefficient (Wildman–Crippen LogP) is 1.46. The van der Waals surface area contributed by atoms with Gasteiger partial charge in [0.2, 0.25) is 11.8 Å². The lowest BCUT2D eigenvalue weighted by atomic mass is 10.1. The van der Waals surface area contributed by atoms with Crippen molar-refractivity contribution >= 4 is 11.8 Å². The zero-order chi connectivity index (χ0) is 22.4. The number of aryl methyl sites for hydroxylation is 3. The van der Waals surface area contributed by atoms with E-state index >= 15 is 0 Å². The fourth-order valence-corrected chi connectivity index (χ4v) is 3.92. The smallest absolute Gasteiger partial charge is 0.237 e. The molecule has 1 saturated heterocycles. The summed E-state index contributed by atoms with van der Waals surface area (Å²) in [6.07, 6.45) is 0.675. The lowest BCUT2D eigenvalue weighted by Crippen LogP contribution is -2.56. The Balaban J connectivity index is 1.57. The van der Waals surface area contributed by atoms with Gasteiger partial charge in [-0.15, -0.1) is 0 Å². The van der Waals surface area contributed by atoms with Crippen molar-refractivity contribution in [2.24, 2.45) is 0 Å². The second-order valence-corrected chi connectivity index (χ2v) is 7.95. The Labute approximate surface area is 183 Å². The summed E-state index contributed by atoms with van der Waals surface area (Å²) in [6, 6.07) is 7.42. The van der Waals surface area contributed by atoms with E-state index in [0.717, 1.165) is 28.3 Å². The highest BCUT2D eigenvalue weighted by Gasteiger charge is 2.31. The molecular weight excluding hydrogens is 394 g/mol. The molecule has 0 spiro atoms. The average molecular weight is 426 g/mol. The van der Waals surface area contributed by atoms with Gasteiger partial charge < -0.3 is 15.4 Å². The van der Waals surface area contributed by atoms with Gasteiger partial charge in [0, 0.05) is 44.0 Å². The molecule has 2 heterocycles. The van der Waals surface area contributed by atoms with Crippen LogP contribution in [-0.4, -0.2) is 59.5 Å². The molecule has 0 saturated carbocycles. The third-order valence-corrected chi connectivity index (χ3v) is 5.36. The summed E-state index contributed by atoms with van der Waals surface area (Å²) >= 11 is 0. The quantitative estimate of drug-likeness (QED) is 0.665. The topological polar surface area (TPSA) is 96.5 Å². The molecule has 31 heavy (non-hydrogen) atoms. The lowest BCUT2D eigenvalue weighted by Gasteiger charge is -2.34. The number of rotatable bonds is 8.